The molecule has 2 heterocycles. The third-order valence-electron chi connectivity index (χ3n) is 6.63. The van der Waals surface area contributed by atoms with E-state index in [0.717, 1.165) is 63.3 Å². The van der Waals surface area contributed by atoms with E-state index in [-0.39, 0.29) is 6.04 Å². The molecule has 164 valence electrons. The lowest BCUT2D eigenvalue weighted by molar-refractivity contribution is 0.105. The van der Waals surface area contributed by atoms with Crippen molar-refractivity contribution < 1.29 is 9.15 Å². The van der Waals surface area contributed by atoms with Crippen LogP contribution in [0.15, 0.2) is 21.5 Å². The average Bonchev–Trinajstić information content (AvgIpc) is 3.48. The number of likely N-dealkylation sites (tertiary alicyclic amines) is 1. The van der Waals surface area contributed by atoms with Crippen LogP contribution in [0.25, 0.3) is 0 Å². The van der Waals surface area contributed by atoms with Crippen molar-refractivity contribution in [3.63, 3.8) is 0 Å². The Morgan fingerprint density at radius 1 is 1.21 bits per heavy atom. The zero-order chi connectivity index (χ0) is 20.5. The summed E-state index contributed by atoms with van der Waals surface area (Å²) in [5.74, 6) is 2.92. The summed E-state index contributed by atoms with van der Waals surface area (Å²) < 4.78 is 11.6. The molecule has 1 saturated heterocycles. The van der Waals surface area contributed by atoms with Gasteiger partial charge >= 0.3 is 0 Å². The van der Waals surface area contributed by atoms with E-state index in [2.05, 4.69) is 39.6 Å². The second-order valence-electron chi connectivity index (χ2n) is 8.67. The maximum absolute atomic E-state index is 5.98. The Kier molecular flexibility index (Phi) is 8.42. The Bertz CT molecular complexity index is 631. The lowest BCUT2D eigenvalue weighted by Crippen LogP contribution is -2.46. The third kappa shape index (κ3) is 6.22. The Hall–Kier alpha value is -1.53. The van der Waals surface area contributed by atoms with Crippen molar-refractivity contribution in [1.82, 2.24) is 15.5 Å². The minimum absolute atomic E-state index is 0.253. The molecule has 1 atom stereocenters. The molecule has 1 aliphatic heterocycles. The van der Waals surface area contributed by atoms with Crippen LogP contribution in [0.3, 0.4) is 0 Å². The first-order valence-electron chi connectivity index (χ1n) is 11.5. The average molecular weight is 405 g/mol. The molecular weight excluding hydrogens is 364 g/mol. The summed E-state index contributed by atoms with van der Waals surface area (Å²) in [5, 5.41) is 7.18. The molecule has 0 radical (unpaired) electrons. The molecule has 1 unspecified atom stereocenters. The first kappa shape index (κ1) is 22.2. The maximum atomic E-state index is 5.98. The van der Waals surface area contributed by atoms with Crippen molar-refractivity contribution >= 4 is 5.96 Å². The first-order valence-corrected chi connectivity index (χ1v) is 11.5. The molecule has 6 heteroatoms. The first-order chi connectivity index (χ1) is 14.2. The van der Waals surface area contributed by atoms with Gasteiger partial charge in [0.25, 0.3) is 0 Å². The molecule has 1 aliphatic carbocycles. The molecule has 6 nitrogen and oxygen atoms in total. The van der Waals surface area contributed by atoms with Gasteiger partial charge in [-0.05, 0) is 76.6 Å². The van der Waals surface area contributed by atoms with Crippen molar-refractivity contribution in [2.75, 3.05) is 46.4 Å². The number of ether oxygens (including phenoxy) is 1. The molecule has 1 aromatic heterocycles. The van der Waals surface area contributed by atoms with Gasteiger partial charge in [0.15, 0.2) is 5.96 Å². The lowest BCUT2D eigenvalue weighted by Gasteiger charge is -2.31. The van der Waals surface area contributed by atoms with Crippen LogP contribution in [-0.4, -0.2) is 57.3 Å². The summed E-state index contributed by atoms with van der Waals surface area (Å²) in [6, 6.07) is 4.44. The highest BCUT2D eigenvalue weighted by Crippen LogP contribution is 2.40. The van der Waals surface area contributed by atoms with Gasteiger partial charge in [0.2, 0.25) is 0 Å². The summed E-state index contributed by atoms with van der Waals surface area (Å²) in [7, 11) is 1.86. The van der Waals surface area contributed by atoms with Gasteiger partial charge in [0, 0.05) is 33.4 Å². The number of guanidine groups is 1. The fourth-order valence-corrected chi connectivity index (χ4v) is 4.85. The van der Waals surface area contributed by atoms with E-state index in [9.17, 15) is 0 Å². The summed E-state index contributed by atoms with van der Waals surface area (Å²) >= 11 is 0. The predicted molar refractivity (Wildman–Crippen MR) is 118 cm³/mol. The van der Waals surface area contributed by atoms with Gasteiger partial charge in [-0.25, -0.2) is 0 Å². The number of nitrogens with zero attached hydrogens (tertiary/aromatic N) is 2. The van der Waals surface area contributed by atoms with E-state index in [1.807, 2.05) is 14.0 Å². The zero-order valence-corrected chi connectivity index (χ0v) is 18.6. The summed E-state index contributed by atoms with van der Waals surface area (Å²) in [6.45, 7) is 9.80. The number of aliphatic imine (C=N–C) groups is 1. The number of hydrogen-bond donors (Lipinski definition) is 2. The van der Waals surface area contributed by atoms with Gasteiger partial charge in [-0.1, -0.05) is 12.8 Å². The molecule has 2 fully saturated rings. The highest BCUT2D eigenvalue weighted by Gasteiger charge is 2.33. The molecule has 2 aliphatic rings. The van der Waals surface area contributed by atoms with E-state index in [1.54, 1.807) is 0 Å². The van der Waals surface area contributed by atoms with Gasteiger partial charge in [-0.15, -0.1) is 0 Å². The van der Waals surface area contributed by atoms with Gasteiger partial charge in [-0.3, -0.25) is 9.89 Å². The number of nitrogens with one attached hydrogen (secondary N) is 2. The molecule has 1 saturated carbocycles. The molecular formula is C23H40N4O2. The number of aryl methyl sites for hydroxylation is 1. The molecule has 0 amide bonds. The van der Waals surface area contributed by atoms with Crippen LogP contribution in [0, 0.1) is 12.3 Å². The topological polar surface area (TPSA) is 62.0 Å². The predicted octanol–water partition coefficient (Wildman–Crippen LogP) is 3.88. The van der Waals surface area contributed by atoms with E-state index < -0.39 is 0 Å². The number of hydrogen-bond acceptors (Lipinski definition) is 4. The smallest absolute Gasteiger partial charge is 0.191 e. The van der Waals surface area contributed by atoms with E-state index in [4.69, 9.17) is 9.15 Å². The lowest BCUT2D eigenvalue weighted by atomic mass is 9.83. The van der Waals surface area contributed by atoms with E-state index in [1.165, 1.54) is 38.5 Å². The van der Waals surface area contributed by atoms with Gasteiger partial charge in [0.1, 0.15) is 11.5 Å². The molecule has 0 aromatic carbocycles. The van der Waals surface area contributed by atoms with Crippen LogP contribution in [0.2, 0.25) is 0 Å². The zero-order valence-electron chi connectivity index (χ0n) is 18.6. The van der Waals surface area contributed by atoms with Gasteiger partial charge in [-0.2, -0.15) is 0 Å². The van der Waals surface area contributed by atoms with Gasteiger partial charge < -0.3 is 19.8 Å². The van der Waals surface area contributed by atoms with E-state index >= 15 is 0 Å². The van der Waals surface area contributed by atoms with E-state index in [0.29, 0.717) is 5.41 Å². The maximum Gasteiger partial charge on any atom is 0.191 e. The second kappa shape index (κ2) is 11.0. The summed E-state index contributed by atoms with van der Waals surface area (Å²) in [6.07, 6.45) is 8.89. The third-order valence-corrected chi connectivity index (χ3v) is 6.63. The van der Waals surface area contributed by atoms with Gasteiger partial charge in [0.05, 0.1) is 6.04 Å². The van der Waals surface area contributed by atoms with Crippen molar-refractivity contribution in [3.8, 4) is 0 Å². The van der Waals surface area contributed by atoms with Crippen molar-refractivity contribution in [2.45, 2.75) is 64.8 Å². The molecule has 1 aromatic rings. The van der Waals surface area contributed by atoms with Crippen molar-refractivity contribution in [3.05, 3.63) is 23.7 Å². The fourth-order valence-electron chi connectivity index (χ4n) is 4.85. The van der Waals surface area contributed by atoms with Crippen LogP contribution < -0.4 is 10.6 Å². The Morgan fingerprint density at radius 3 is 2.59 bits per heavy atom. The summed E-state index contributed by atoms with van der Waals surface area (Å²) in [4.78, 5) is 7.01. The molecule has 29 heavy (non-hydrogen) atoms. The quantitative estimate of drug-likeness (QED) is 0.352. The standard InChI is InChI=1S/C23H40N4O2/c1-4-28-16-13-23(11-5-6-12-23)18-26-22(24-3)25-17-20(27-14-7-8-15-27)21-10-9-19(2)29-21/h9-10,20H,4-8,11-18H2,1-3H3,(H2,24,25,26). The minimum Gasteiger partial charge on any atom is -0.465 e. The fraction of sp³-hybridized carbons (Fsp3) is 0.783. The molecule has 2 N–H and O–H groups in total. The van der Waals surface area contributed by atoms with Crippen LogP contribution in [0.5, 0.6) is 0 Å². The molecule has 0 spiro atoms. The van der Waals surface area contributed by atoms with Crippen LogP contribution in [0.4, 0.5) is 0 Å². The second-order valence-corrected chi connectivity index (χ2v) is 8.67. The Balaban J connectivity index is 1.55. The number of furan rings is 1. The Labute approximate surface area is 176 Å². The Morgan fingerprint density at radius 2 is 1.97 bits per heavy atom. The highest BCUT2D eigenvalue weighted by atomic mass is 16.5. The normalized spacial score (nSPS) is 20.9. The monoisotopic (exact) mass is 404 g/mol. The molecule has 0 bridgehead atoms. The highest BCUT2D eigenvalue weighted by molar-refractivity contribution is 5.79. The molecule has 3 rings (SSSR count). The summed E-state index contributed by atoms with van der Waals surface area (Å²) in [5.41, 5.74) is 0.346. The number of rotatable bonds is 10. The minimum atomic E-state index is 0.253. The van der Waals surface area contributed by atoms with Crippen LogP contribution >= 0.6 is 0 Å². The van der Waals surface area contributed by atoms with Crippen molar-refractivity contribution in [1.29, 1.82) is 0 Å². The van der Waals surface area contributed by atoms with Crippen molar-refractivity contribution in [2.24, 2.45) is 10.4 Å². The SMILES string of the molecule is CCOCCC1(CNC(=NC)NCC(c2ccc(C)o2)N2CCCC2)CCCC1. The largest absolute Gasteiger partial charge is 0.465 e. The van der Waals surface area contributed by atoms with Crippen LogP contribution in [-0.2, 0) is 4.74 Å². The van der Waals surface area contributed by atoms with Crippen LogP contribution in [0.1, 0.15) is 69.4 Å².